The number of nitrogens with zero attached hydrogens (tertiary/aromatic N) is 4. The lowest BCUT2D eigenvalue weighted by Crippen LogP contribution is -2.49. The van der Waals surface area contributed by atoms with Gasteiger partial charge in [0, 0.05) is 17.8 Å². The van der Waals surface area contributed by atoms with Crippen molar-refractivity contribution in [2.45, 2.75) is 39.3 Å². The Labute approximate surface area is 229 Å². The number of aryl methyl sites for hydroxylation is 1. The van der Waals surface area contributed by atoms with Gasteiger partial charge in [0.2, 0.25) is 11.8 Å². The number of esters is 1. The predicted octanol–water partition coefficient (Wildman–Crippen LogP) is 4.35. The molecule has 1 aliphatic carbocycles. The SMILES string of the molecule is CCOC(=O)C1CC(n2c(=O)nc(Nc3ccc(Oc4ccc(F)cn4)cc3)n(Cc3ccc(C)cc3)c2=O)C1. The molecule has 0 amide bonds. The van der Waals surface area contributed by atoms with Gasteiger partial charge in [0.1, 0.15) is 11.6 Å². The van der Waals surface area contributed by atoms with Gasteiger partial charge in [-0.05, 0) is 62.6 Å². The van der Waals surface area contributed by atoms with E-state index in [1.54, 1.807) is 31.2 Å². The van der Waals surface area contributed by atoms with E-state index in [-0.39, 0.29) is 36.9 Å². The number of anilines is 2. The van der Waals surface area contributed by atoms with Crippen LogP contribution >= 0.6 is 0 Å². The number of hydrogen-bond acceptors (Lipinski definition) is 8. The zero-order valence-electron chi connectivity index (χ0n) is 22.0. The molecule has 4 aromatic rings. The average Bonchev–Trinajstić information content (AvgIpc) is 2.91. The maximum absolute atomic E-state index is 13.7. The van der Waals surface area contributed by atoms with Crippen LogP contribution in [-0.4, -0.2) is 31.7 Å². The van der Waals surface area contributed by atoms with Gasteiger partial charge in [0.25, 0.3) is 0 Å². The summed E-state index contributed by atoms with van der Waals surface area (Å²) in [6.07, 6.45) is 1.75. The van der Waals surface area contributed by atoms with Crippen molar-refractivity contribution in [2.24, 2.45) is 5.92 Å². The summed E-state index contributed by atoms with van der Waals surface area (Å²) in [5.74, 6) is -0.339. The lowest BCUT2D eigenvalue weighted by Gasteiger charge is -2.34. The summed E-state index contributed by atoms with van der Waals surface area (Å²) in [6.45, 7) is 4.17. The van der Waals surface area contributed by atoms with Crippen LogP contribution in [0.1, 0.15) is 36.9 Å². The molecule has 1 fully saturated rings. The zero-order chi connectivity index (χ0) is 28.2. The molecule has 10 nitrogen and oxygen atoms in total. The first-order valence-corrected chi connectivity index (χ1v) is 12.9. The maximum Gasteiger partial charge on any atom is 0.355 e. The molecule has 2 aromatic heterocycles. The molecule has 11 heteroatoms. The number of benzene rings is 2. The molecule has 2 aromatic carbocycles. The van der Waals surface area contributed by atoms with Gasteiger partial charge in [0.15, 0.2) is 0 Å². The topological polar surface area (TPSA) is 117 Å². The molecule has 0 radical (unpaired) electrons. The molecule has 0 saturated heterocycles. The first-order chi connectivity index (χ1) is 19.3. The van der Waals surface area contributed by atoms with Gasteiger partial charge in [0.05, 0.1) is 25.3 Å². The maximum atomic E-state index is 13.7. The zero-order valence-corrected chi connectivity index (χ0v) is 22.0. The minimum absolute atomic E-state index is 0.0851. The second kappa shape index (κ2) is 11.5. The average molecular weight is 546 g/mol. The highest BCUT2D eigenvalue weighted by atomic mass is 19.1. The molecular formula is C29H28FN5O5. The van der Waals surface area contributed by atoms with E-state index in [0.29, 0.717) is 24.3 Å². The minimum Gasteiger partial charge on any atom is -0.466 e. The van der Waals surface area contributed by atoms with Crippen LogP contribution < -0.4 is 21.4 Å². The van der Waals surface area contributed by atoms with Crippen LogP contribution in [0.25, 0.3) is 0 Å². The summed E-state index contributed by atoms with van der Waals surface area (Å²) < 4.78 is 26.3. The lowest BCUT2D eigenvalue weighted by molar-refractivity contribution is -0.152. The molecule has 0 atom stereocenters. The Kier molecular flexibility index (Phi) is 7.72. The van der Waals surface area contributed by atoms with Gasteiger partial charge < -0.3 is 14.8 Å². The molecule has 2 heterocycles. The molecule has 0 bridgehead atoms. The van der Waals surface area contributed by atoms with Crippen LogP contribution in [0.15, 0.2) is 76.4 Å². The van der Waals surface area contributed by atoms with E-state index < -0.39 is 23.2 Å². The van der Waals surface area contributed by atoms with Crippen molar-refractivity contribution < 1.29 is 18.7 Å². The van der Waals surface area contributed by atoms with Crippen molar-refractivity contribution in [1.29, 1.82) is 0 Å². The van der Waals surface area contributed by atoms with Crippen molar-refractivity contribution in [2.75, 3.05) is 11.9 Å². The standard InChI is InChI=1S/C29H28FN5O5/c1-3-39-26(36)20-14-23(15-20)35-28(37)33-27(34(29(35)38)17-19-6-4-18(2)5-7-19)32-22-9-11-24(12-10-22)40-25-13-8-21(30)16-31-25/h4-13,16,20,23H,3,14-15,17H2,1-2H3,(H,32,33,37). The van der Waals surface area contributed by atoms with E-state index in [9.17, 15) is 18.8 Å². The molecule has 206 valence electrons. The van der Waals surface area contributed by atoms with E-state index in [4.69, 9.17) is 9.47 Å². The van der Waals surface area contributed by atoms with Crippen LogP contribution in [0.2, 0.25) is 0 Å². The van der Waals surface area contributed by atoms with Crippen molar-refractivity contribution in [3.63, 3.8) is 0 Å². The Morgan fingerprint density at radius 3 is 2.42 bits per heavy atom. The highest BCUT2D eigenvalue weighted by Crippen LogP contribution is 2.37. The molecule has 1 aliphatic rings. The fourth-order valence-corrected chi connectivity index (χ4v) is 4.46. The lowest BCUT2D eigenvalue weighted by atomic mass is 9.80. The Hall–Kier alpha value is -4.80. The van der Waals surface area contributed by atoms with Crippen LogP contribution in [0, 0.1) is 18.7 Å². The number of hydrogen-bond donors (Lipinski definition) is 1. The highest BCUT2D eigenvalue weighted by Gasteiger charge is 2.38. The number of aromatic nitrogens is 4. The fraction of sp³-hybridized carbons (Fsp3) is 0.276. The third-order valence-electron chi connectivity index (χ3n) is 6.69. The number of pyridine rings is 1. The monoisotopic (exact) mass is 545 g/mol. The summed E-state index contributed by atoms with van der Waals surface area (Å²) in [7, 11) is 0. The van der Waals surface area contributed by atoms with E-state index in [2.05, 4.69) is 15.3 Å². The molecule has 40 heavy (non-hydrogen) atoms. The van der Waals surface area contributed by atoms with Crippen LogP contribution in [0.3, 0.4) is 0 Å². The van der Waals surface area contributed by atoms with Gasteiger partial charge in [-0.25, -0.2) is 23.5 Å². The number of carbonyl (C=O) groups excluding carboxylic acids is 1. The normalized spacial score (nSPS) is 16.2. The Morgan fingerprint density at radius 1 is 1.05 bits per heavy atom. The fourth-order valence-electron chi connectivity index (χ4n) is 4.46. The van der Waals surface area contributed by atoms with Crippen LogP contribution in [0.4, 0.5) is 16.0 Å². The molecular weight excluding hydrogens is 517 g/mol. The third-order valence-corrected chi connectivity index (χ3v) is 6.69. The van der Waals surface area contributed by atoms with Crippen LogP contribution in [-0.2, 0) is 16.1 Å². The molecule has 1 N–H and O–H groups in total. The van der Waals surface area contributed by atoms with Crippen molar-refractivity contribution in [1.82, 2.24) is 19.1 Å². The Morgan fingerprint density at radius 2 is 1.77 bits per heavy atom. The Bertz CT molecular complexity index is 1610. The summed E-state index contributed by atoms with van der Waals surface area (Å²) in [5, 5.41) is 3.07. The third kappa shape index (κ3) is 5.93. The number of nitrogens with one attached hydrogen (secondary N) is 1. The van der Waals surface area contributed by atoms with Gasteiger partial charge in [-0.2, -0.15) is 4.98 Å². The largest absolute Gasteiger partial charge is 0.466 e. The second-order valence-electron chi connectivity index (χ2n) is 9.58. The molecule has 5 rings (SSSR count). The summed E-state index contributed by atoms with van der Waals surface area (Å²) >= 11 is 0. The van der Waals surface area contributed by atoms with Crippen molar-refractivity contribution >= 4 is 17.6 Å². The first-order valence-electron chi connectivity index (χ1n) is 12.9. The van der Waals surface area contributed by atoms with Crippen molar-refractivity contribution in [3.8, 4) is 11.6 Å². The first kappa shape index (κ1) is 26.8. The smallest absolute Gasteiger partial charge is 0.355 e. The summed E-state index contributed by atoms with van der Waals surface area (Å²) in [6, 6.07) is 16.7. The van der Waals surface area contributed by atoms with Gasteiger partial charge in [-0.1, -0.05) is 29.8 Å². The van der Waals surface area contributed by atoms with E-state index in [1.165, 1.54) is 16.7 Å². The second-order valence-corrected chi connectivity index (χ2v) is 9.58. The summed E-state index contributed by atoms with van der Waals surface area (Å²) in [4.78, 5) is 46.9. The minimum atomic E-state index is -0.692. The number of carbonyl (C=O) groups is 1. The molecule has 0 aliphatic heterocycles. The highest BCUT2D eigenvalue weighted by molar-refractivity contribution is 5.73. The number of rotatable bonds is 9. The van der Waals surface area contributed by atoms with E-state index in [0.717, 1.165) is 21.9 Å². The number of ether oxygens (including phenoxy) is 2. The predicted molar refractivity (Wildman–Crippen MR) is 145 cm³/mol. The molecule has 0 spiro atoms. The van der Waals surface area contributed by atoms with Gasteiger partial charge in [-0.15, -0.1) is 0 Å². The van der Waals surface area contributed by atoms with Crippen molar-refractivity contribution in [3.05, 3.63) is 105 Å². The van der Waals surface area contributed by atoms with Crippen LogP contribution in [0.5, 0.6) is 11.6 Å². The van der Waals surface area contributed by atoms with Gasteiger partial charge >= 0.3 is 17.3 Å². The summed E-state index contributed by atoms with van der Waals surface area (Å²) in [5.41, 5.74) is 1.29. The van der Waals surface area contributed by atoms with E-state index >= 15 is 0 Å². The Balaban J connectivity index is 1.42. The molecule has 1 saturated carbocycles. The van der Waals surface area contributed by atoms with E-state index in [1.807, 2.05) is 31.2 Å². The quantitative estimate of drug-likeness (QED) is 0.309. The number of halogens is 1. The molecule has 0 unspecified atom stereocenters. The van der Waals surface area contributed by atoms with Gasteiger partial charge in [-0.3, -0.25) is 9.36 Å².